The van der Waals surface area contributed by atoms with Gasteiger partial charge in [0, 0.05) is 6.54 Å². The zero-order chi connectivity index (χ0) is 22.7. The lowest BCUT2D eigenvalue weighted by atomic mass is 10.1. The first-order chi connectivity index (χ1) is 13.9. The molecule has 0 atom stereocenters. The number of aliphatic hydroxyl groups excluding tert-OH is 1. The molecule has 0 unspecified atom stereocenters. The first kappa shape index (κ1) is 23.3. The van der Waals surface area contributed by atoms with Crippen LogP contribution in [0.3, 0.4) is 0 Å². The first-order valence-electron chi connectivity index (χ1n) is 8.26. The Morgan fingerprint density at radius 2 is 1.90 bits per heavy atom. The van der Waals surface area contributed by atoms with E-state index in [1.165, 1.54) is 0 Å². The van der Waals surface area contributed by atoms with Crippen molar-refractivity contribution in [1.82, 2.24) is 4.90 Å². The number of benzene rings is 1. The lowest BCUT2D eigenvalue weighted by Gasteiger charge is -2.18. The van der Waals surface area contributed by atoms with Gasteiger partial charge in [0.05, 0.1) is 37.1 Å². The van der Waals surface area contributed by atoms with E-state index in [0.29, 0.717) is 18.2 Å². The van der Waals surface area contributed by atoms with Crippen LogP contribution in [0.4, 0.5) is 32.0 Å². The number of carbonyl (C=O) groups is 2. The molecule has 0 aromatic heterocycles. The molecule has 1 aromatic carbocycles. The average molecular weight is 442 g/mol. The Kier molecular flexibility index (Phi) is 6.85. The molecule has 0 aliphatic carbocycles. The van der Waals surface area contributed by atoms with Gasteiger partial charge in [-0.25, -0.2) is 4.79 Å². The van der Waals surface area contributed by atoms with Gasteiger partial charge in [-0.1, -0.05) is 0 Å². The minimum Gasteiger partial charge on any atom is -0.482 e. The summed E-state index contributed by atoms with van der Waals surface area (Å²) in [7, 11) is 1.01. The molecular formula is C17H16F6N2O5. The van der Waals surface area contributed by atoms with Crippen LogP contribution in [0.1, 0.15) is 5.56 Å². The average Bonchev–Trinajstić information content (AvgIpc) is 2.95. The summed E-state index contributed by atoms with van der Waals surface area (Å²) < 4.78 is 85.7. The highest BCUT2D eigenvalue weighted by Gasteiger charge is 2.36. The van der Waals surface area contributed by atoms with E-state index >= 15 is 0 Å². The molecule has 1 aromatic rings. The minimum absolute atomic E-state index is 0.190. The number of hydrogen-bond acceptors (Lipinski definition) is 6. The number of rotatable bonds is 7. The molecule has 0 radical (unpaired) electrons. The van der Waals surface area contributed by atoms with E-state index in [0.717, 1.165) is 12.0 Å². The molecule has 0 fully saturated rings. The van der Waals surface area contributed by atoms with Crippen LogP contribution in [0, 0.1) is 0 Å². The molecule has 166 valence electrons. The molecule has 1 aliphatic heterocycles. The van der Waals surface area contributed by atoms with Crippen molar-refractivity contribution in [2.75, 3.05) is 38.7 Å². The Morgan fingerprint density at radius 3 is 2.43 bits per heavy atom. The number of nitrogens with zero attached hydrogens (tertiary/aromatic N) is 1. The predicted molar refractivity (Wildman–Crippen MR) is 89.3 cm³/mol. The number of hydrogen-bond donors (Lipinski definition) is 2. The molecule has 2 rings (SSSR count). The quantitative estimate of drug-likeness (QED) is 0.498. The molecule has 7 nitrogen and oxygen atoms in total. The number of ether oxygens (including phenoxy) is 2. The largest absolute Gasteiger partial charge is 0.482 e. The van der Waals surface area contributed by atoms with E-state index in [9.17, 15) is 35.9 Å². The zero-order valence-electron chi connectivity index (χ0n) is 15.4. The summed E-state index contributed by atoms with van der Waals surface area (Å²) in [6.07, 6.45) is -9.60. The minimum atomic E-state index is -4.83. The maximum Gasteiger partial charge on any atom is 0.422 e. The van der Waals surface area contributed by atoms with Gasteiger partial charge in [0.1, 0.15) is 11.4 Å². The summed E-state index contributed by atoms with van der Waals surface area (Å²) in [4.78, 5) is 25.5. The first-order valence-corrected chi connectivity index (χ1v) is 8.26. The van der Waals surface area contributed by atoms with Crippen LogP contribution in [0.2, 0.25) is 0 Å². The van der Waals surface area contributed by atoms with Crippen molar-refractivity contribution in [3.05, 3.63) is 35.0 Å². The van der Waals surface area contributed by atoms with Gasteiger partial charge in [0.2, 0.25) is 0 Å². The molecule has 0 saturated carbocycles. The Bertz CT molecular complexity index is 850. The van der Waals surface area contributed by atoms with Gasteiger partial charge in [-0.05, 0) is 18.2 Å². The van der Waals surface area contributed by atoms with Gasteiger partial charge < -0.3 is 24.8 Å². The van der Waals surface area contributed by atoms with Crippen LogP contribution >= 0.6 is 0 Å². The van der Waals surface area contributed by atoms with Crippen molar-refractivity contribution in [2.24, 2.45) is 0 Å². The summed E-state index contributed by atoms with van der Waals surface area (Å²) in [6.45, 7) is -2.76. The Hall–Kier alpha value is -2.96. The number of nitrogens with one attached hydrogen (secondary N) is 1. The molecule has 0 saturated heterocycles. The third-order valence-electron chi connectivity index (χ3n) is 3.91. The number of anilines is 1. The summed E-state index contributed by atoms with van der Waals surface area (Å²) in [5, 5.41) is 11.3. The second kappa shape index (κ2) is 8.81. The topological polar surface area (TPSA) is 88.1 Å². The highest BCUT2D eigenvalue weighted by molar-refractivity contribution is 6.08. The zero-order valence-corrected chi connectivity index (χ0v) is 15.4. The van der Waals surface area contributed by atoms with E-state index in [4.69, 9.17) is 5.11 Å². The normalized spacial score (nSPS) is 14.9. The number of alkyl halides is 6. The van der Waals surface area contributed by atoms with E-state index in [2.05, 4.69) is 14.8 Å². The van der Waals surface area contributed by atoms with Crippen LogP contribution < -0.4 is 10.1 Å². The highest BCUT2D eigenvalue weighted by Crippen LogP contribution is 2.37. The standard InChI is InChI=1S/C17H16F6N2O5/c1-29-15(28)10-7-25(4-5-26)14(27)13(10)24-11-6-9(17(21,22)23)2-3-12(11)30-8-16(18,19)20/h2-3,6,24,26H,4-5,7-8H2,1H3. The van der Waals surface area contributed by atoms with E-state index < -0.39 is 60.1 Å². The number of methoxy groups -OCH3 is 1. The van der Waals surface area contributed by atoms with Gasteiger partial charge in [-0.15, -0.1) is 0 Å². The molecule has 0 spiro atoms. The van der Waals surface area contributed by atoms with Crippen molar-refractivity contribution in [2.45, 2.75) is 12.4 Å². The highest BCUT2D eigenvalue weighted by atomic mass is 19.4. The number of amides is 1. The maximum atomic E-state index is 13.0. The Labute approximate surface area is 165 Å². The third-order valence-corrected chi connectivity index (χ3v) is 3.91. The van der Waals surface area contributed by atoms with Gasteiger partial charge in [-0.2, -0.15) is 26.3 Å². The second-order valence-corrected chi connectivity index (χ2v) is 6.03. The van der Waals surface area contributed by atoms with Crippen LogP contribution in [-0.4, -0.2) is 61.5 Å². The smallest absolute Gasteiger partial charge is 0.422 e. The predicted octanol–water partition coefficient (Wildman–Crippen LogP) is 2.32. The molecular weight excluding hydrogens is 426 g/mol. The molecule has 2 N–H and O–H groups in total. The molecule has 1 amide bonds. The fourth-order valence-electron chi connectivity index (χ4n) is 2.57. The van der Waals surface area contributed by atoms with Crippen molar-refractivity contribution < 1.29 is 50.5 Å². The number of β-amino-alcohol motifs (C(OH)–C–C–N with tert-alkyl or cyclic N) is 1. The monoisotopic (exact) mass is 442 g/mol. The third kappa shape index (κ3) is 5.55. The summed E-state index contributed by atoms with van der Waals surface area (Å²) in [5.74, 6) is -2.45. The number of esters is 1. The lowest BCUT2D eigenvalue weighted by Crippen LogP contribution is -2.31. The lowest BCUT2D eigenvalue weighted by molar-refractivity contribution is -0.153. The van der Waals surface area contributed by atoms with E-state index in [-0.39, 0.29) is 18.7 Å². The van der Waals surface area contributed by atoms with Crippen LogP contribution in [0.25, 0.3) is 0 Å². The van der Waals surface area contributed by atoms with Crippen LogP contribution in [-0.2, 0) is 20.5 Å². The summed E-state index contributed by atoms with van der Waals surface area (Å²) >= 11 is 0. The Balaban J connectivity index is 2.48. The van der Waals surface area contributed by atoms with Gasteiger partial charge >= 0.3 is 18.3 Å². The van der Waals surface area contributed by atoms with Gasteiger partial charge in [-0.3, -0.25) is 4.79 Å². The fourth-order valence-corrected chi connectivity index (χ4v) is 2.57. The maximum absolute atomic E-state index is 13.0. The SMILES string of the molecule is COC(=O)C1=C(Nc2cc(C(F)(F)F)ccc2OCC(F)(F)F)C(=O)N(CCO)C1. The molecule has 0 bridgehead atoms. The Morgan fingerprint density at radius 1 is 1.23 bits per heavy atom. The van der Waals surface area contributed by atoms with Gasteiger partial charge in [0.15, 0.2) is 6.61 Å². The van der Waals surface area contributed by atoms with Crippen molar-refractivity contribution >= 4 is 17.6 Å². The number of aliphatic hydroxyl groups is 1. The molecule has 30 heavy (non-hydrogen) atoms. The van der Waals surface area contributed by atoms with Crippen molar-refractivity contribution in [1.29, 1.82) is 0 Å². The van der Waals surface area contributed by atoms with E-state index in [1.807, 2.05) is 0 Å². The number of halogens is 6. The summed E-state index contributed by atoms with van der Waals surface area (Å²) in [5.41, 5.74) is -2.59. The molecule has 1 aliphatic rings. The number of carbonyl (C=O) groups excluding carboxylic acids is 2. The summed E-state index contributed by atoms with van der Waals surface area (Å²) in [6, 6.07) is 1.64. The second-order valence-electron chi connectivity index (χ2n) is 6.03. The van der Waals surface area contributed by atoms with Gasteiger partial charge in [0.25, 0.3) is 5.91 Å². The van der Waals surface area contributed by atoms with E-state index in [1.54, 1.807) is 0 Å². The van der Waals surface area contributed by atoms with Crippen molar-refractivity contribution in [3.8, 4) is 5.75 Å². The molecule has 1 heterocycles. The van der Waals surface area contributed by atoms with Crippen LogP contribution in [0.15, 0.2) is 29.5 Å². The fraction of sp³-hybridized carbons (Fsp3) is 0.412. The van der Waals surface area contributed by atoms with Crippen LogP contribution in [0.5, 0.6) is 5.75 Å². The van der Waals surface area contributed by atoms with Crippen molar-refractivity contribution in [3.63, 3.8) is 0 Å². The molecule has 13 heteroatoms.